The van der Waals surface area contributed by atoms with E-state index in [1.807, 2.05) is 6.92 Å². The van der Waals surface area contributed by atoms with Crippen LogP contribution in [0.5, 0.6) is 0 Å². The Hall–Kier alpha value is -2.48. The molecule has 0 aliphatic rings. The SMILES string of the molecule is CCOC(=O)c1nn(-c2sc(C)c(C)c2C(N)=O)cc1C=O. The van der Waals surface area contributed by atoms with Crippen LogP contribution >= 0.6 is 11.3 Å². The molecule has 0 aliphatic carbocycles. The number of aldehydes is 1. The summed E-state index contributed by atoms with van der Waals surface area (Å²) in [5.74, 6) is -1.27. The quantitative estimate of drug-likeness (QED) is 0.666. The van der Waals surface area contributed by atoms with Crippen LogP contribution in [0.1, 0.15) is 48.6 Å². The maximum atomic E-state index is 11.8. The van der Waals surface area contributed by atoms with E-state index in [0.29, 0.717) is 16.9 Å². The number of hydrogen-bond acceptors (Lipinski definition) is 6. The number of carbonyl (C=O) groups excluding carboxylic acids is 3. The largest absolute Gasteiger partial charge is 0.461 e. The number of rotatable bonds is 5. The maximum Gasteiger partial charge on any atom is 0.359 e. The van der Waals surface area contributed by atoms with Gasteiger partial charge in [0.05, 0.1) is 17.7 Å². The van der Waals surface area contributed by atoms with Crippen molar-refractivity contribution in [1.82, 2.24) is 9.78 Å². The van der Waals surface area contributed by atoms with Gasteiger partial charge in [0.1, 0.15) is 5.00 Å². The van der Waals surface area contributed by atoms with Crippen LogP contribution in [0.15, 0.2) is 6.20 Å². The normalized spacial score (nSPS) is 10.5. The van der Waals surface area contributed by atoms with Crippen LogP contribution in [-0.2, 0) is 4.74 Å². The van der Waals surface area contributed by atoms with Gasteiger partial charge in [0.25, 0.3) is 5.91 Å². The monoisotopic (exact) mass is 321 g/mol. The predicted octanol–water partition coefficient (Wildman–Crippen LogP) is 1.64. The number of aromatic nitrogens is 2. The zero-order chi connectivity index (χ0) is 16.4. The lowest BCUT2D eigenvalue weighted by atomic mass is 10.1. The molecule has 22 heavy (non-hydrogen) atoms. The molecule has 0 atom stereocenters. The van der Waals surface area contributed by atoms with E-state index in [4.69, 9.17) is 10.5 Å². The molecule has 2 aromatic heterocycles. The molecule has 8 heteroatoms. The summed E-state index contributed by atoms with van der Waals surface area (Å²) < 4.78 is 6.18. The molecule has 0 bridgehead atoms. The Morgan fingerprint density at radius 3 is 2.68 bits per heavy atom. The van der Waals surface area contributed by atoms with Gasteiger partial charge in [0, 0.05) is 11.1 Å². The molecule has 2 heterocycles. The Kier molecular flexibility index (Phi) is 4.41. The van der Waals surface area contributed by atoms with Crippen molar-refractivity contribution in [3.8, 4) is 5.00 Å². The van der Waals surface area contributed by atoms with Crippen molar-refractivity contribution in [2.45, 2.75) is 20.8 Å². The van der Waals surface area contributed by atoms with E-state index in [-0.39, 0.29) is 17.9 Å². The summed E-state index contributed by atoms with van der Waals surface area (Å²) >= 11 is 1.31. The molecule has 0 saturated carbocycles. The van der Waals surface area contributed by atoms with E-state index >= 15 is 0 Å². The number of amides is 1. The smallest absolute Gasteiger partial charge is 0.359 e. The van der Waals surface area contributed by atoms with Crippen LogP contribution in [0.3, 0.4) is 0 Å². The summed E-state index contributed by atoms with van der Waals surface area (Å²) in [7, 11) is 0. The van der Waals surface area contributed by atoms with Gasteiger partial charge in [-0.05, 0) is 26.3 Å². The minimum atomic E-state index is -0.686. The Morgan fingerprint density at radius 2 is 2.14 bits per heavy atom. The molecule has 0 unspecified atom stereocenters. The number of nitrogens with two attached hydrogens (primary N) is 1. The first-order valence-electron chi connectivity index (χ1n) is 6.52. The van der Waals surface area contributed by atoms with Crippen LogP contribution in [0, 0.1) is 13.8 Å². The topological polar surface area (TPSA) is 104 Å². The lowest BCUT2D eigenvalue weighted by Crippen LogP contribution is -2.14. The number of thiophene rings is 1. The standard InChI is InChI=1S/C14H15N3O4S/c1-4-21-14(20)11-9(6-18)5-17(16-11)13-10(12(15)19)7(2)8(3)22-13/h5-6H,4H2,1-3H3,(H2,15,19). The fraction of sp³-hybridized carbons (Fsp3) is 0.286. The van der Waals surface area contributed by atoms with E-state index in [2.05, 4.69) is 5.10 Å². The number of esters is 1. The van der Waals surface area contributed by atoms with Crippen LogP contribution in [0.25, 0.3) is 5.00 Å². The molecule has 2 N–H and O–H groups in total. The van der Waals surface area contributed by atoms with Crippen molar-refractivity contribution in [3.05, 3.63) is 33.5 Å². The van der Waals surface area contributed by atoms with Crippen molar-refractivity contribution < 1.29 is 19.1 Å². The molecular formula is C14H15N3O4S. The first-order chi connectivity index (χ1) is 10.4. The van der Waals surface area contributed by atoms with Crippen molar-refractivity contribution in [2.75, 3.05) is 6.61 Å². The molecule has 0 aromatic carbocycles. The van der Waals surface area contributed by atoms with E-state index in [1.165, 1.54) is 22.2 Å². The third-order valence-electron chi connectivity index (χ3n) is 3.16. The minimum Gasteiger partial charge on any atom is -0.461 e. The van der Waals surface area contributed by atoms with Crippen molar-refractivity contribution in [1.29, 1.82) is 0 Å². The summed E-state index contributed by atoms with van der Waals surface area (Å²) in [6.07, 6.45) is 1.91. The van der Waals surface area contributed by atoms with Gasteiger partial charge in [-0.3, -0.25) is 9.59 Å². The summed E-state index contributed by atoms with van der Waals surface area (Å²) in [4.78, 5) is 35.5. The molecule has 0 saturated heterocycles. The average Bonchev–Trinajstić information content (AvgIpc) is 3.01. The van der Waals surface area contributed by atoms with E-state index in [0.717, 1.165) is 10.4 Å². The van der Waals surface area contributed by atoms with Crippen LogP contribution in [0.4, 0.5) is 0 Å². The molecule has 0 spiro atoms. The van der Waals surface area contributed by atoms with Crippen molar-refractivity contribution in [2.24, 2.45) is 5.73 Å². The Balaban J connectivity index is 2.60. The maximum absolute atomic E-state index is 11.8. The first kappa shape index (κ1) is 15.9. The summed E-state index contributed by atoms with van der Waals surface area (Å²) in [6, 6.07) is 0. The van der Waals surface area contributed by atoms with Gasteiger partial charge in [-0.2, -0.15) is 5.10 Å². The highest BCUT2D eigenvalue weighted by atomic mass is 32.1. The Labute approximate surface area is 130 Å². The van der Waals surface area contributed by atoms with Gasteiger partial charge in [-0.25, -0.2) is 9.48 Å². The number of aryl methyl sites for hydroxylation is 1. The minimum absolute atomic E-state index is 0.0871. The second-order valence-electron chi connectivity index (χ2n) is 4.54. The molecule has 0 aliphatic heterocycles. The number of ether oxygens (including phenoxy) is 1. The molecular weight excluding hydrogens is 306 g/mol. The number of primary amides is 1. The first-order valence-corrected chi connectivity index (χ1v) is 7.34. The van der Waals surface area contributed by atoms with Gasteiger partial charge >= 0.3 is 5.97 Å². The van der Waals surface area contributed by atoms with Crippen LogP contribution in [-0.4, -0.2) is 34.6 Å². The molecule has 0 fully saturated rings. The fourth-order valence-corrected chi connectivity index (χ4v) is 3.08. The third kappa shape index (κ3) is 2.64. The van der Waals surface area contributed by atoms with Crippen LogP contribution < -0.4 is 5.73 Å². The molecule has 2 rings (SSSR count). The Morgan fingerprint density at radius 1 is 1.45 bits per heavy atom. The summed E-state index contributed by atoms with van der Waals surface area (Å²) in [5, 5.41) is 4.55. The van der Waals surface area contributed by atoms with Gasteiger partial charge in [0.15, 0.2) is 12.0 Å². The lowest BCUT2D eigenvalue weighted by molar-refractivity contribution is 0.0516. The van der Waals surface area contributed by atoms with E-state index < -0.39 is 11.9 Å². The highest BCUT2D eigenvalue weighted by molar-refractivity contribution is 7.15. The lowest BCUT2D eigenvalue weighted by Gasteiger charge is -2.01. The second-order valence-corrected chi connectivity index (χ2v) is 5.75. The molecule has 7 nitrogen and oxygen atoms in total. The van der Waals surface area contributed by atoms with E-state index in [1.54, 1.807) is 13.8 Å². The van der Waals surface area contributed by atoms with Gasteiger partial charge in [-0.15, -0.1) is 11.3 Å². The molecule has 116 valence electrons. The van der Waals surface area contributed by atoms with E-state index in [9.17, 15) is 14.4 Å². The number of carbonyl (C=O) groups is 3. The molecule has 2 aromatic rings. The zero-order valence-corrected chi connectivity index (χ0v) is 13.2. The molecule has 0 radical (unpaired) electrons. The predicted molar refractivity (Wildman–Crippen MR) is 80.8 cm³/mol. The summed E-state index contributed by atoms with van der Waals surface area (Å²) in [6.45, 7) is 5.47. The van der Waals surface area contributed by atoms with Gasteiger partial charge in [0.2, 0.25) is 0 Å². The second kappa shape index (κ2) is 6.10. The zero-order valence-electron chi connectivity index (χ0n) is 12.4. The average molecular weight is 321 g/mol. The van der Waals surface area contributed by atoms with Crippen molar-refractivity contribution in [3.63, 3.8) is 0 Å². The number of nitrogens with zero attached hydrogens (tertiary/aromatic N) is 2. The fourth-order valence-electron chi connectivity index (χ4n) is 2.00. The molecule has 1 amide bonds. The Bertz CT molecular complexity index is 760. The number of hydrogen-bond donors (Lipinski definition) is 1. The van der Waals surface area contributed by atoms with Crippen LogP contribution in [0.2, 0.25) is 0 Å². The van der Waals surface area contributed by atoms with Gasteiger partial charge in [-0.1, -0.05) is 0 Å². The third-order valence-corrected chi connectivity index (χ3v) is 4.36. The summed E-state index contributed by atoms with van der Waals surface area (Å²) in [5.41, 5.74) is 6.51. The highest BCUT2D eigenvalue weighted by Gasteiger charge is 2.23. The van der Waals surface area contributed by atoms with Gasteiger partial charge < -0.3 is 10.5 Å². The highest BCUT2D eigenvalue weighted by Crippen LogP contribution is 2.30. The van der Waals surface area contributed by atoms with Crippen molar-refractivity contribution >= 4 is 29.5 Å².